The molecule has 0 aromatic heterocycles. The van der Waals surface area contributed by atoms with Crippen LogP contribution < -0.4 is 4.74 Å². The van der Waals surface area contributed by atoms with Gasteiger partial charge in [-0.25, -0.2) is 4.79 Å². The van der Waals surface area contributed by atoms with Crippen molar-refractivity contribution in [3.63, 3.8) is 0 Å². The monoisotopic (exact) mass is 371 g/mol. The van der Waals surface area contributed by atoms with E-state index in [-0.39, 0.29) is 27.8 Å². The number of hydrogen-bond donors (Lipinski definition) is 1. The van der Waals surface area contributed by atoms with Crippen LogP contribution in [-0.4, -0.2) is 16.0 Å². The fourth-order valence-corrected chi connectivity index (χ4v) is 2.06. The molecule has 0 amide bonds. The number of non-ortho nitro benzene ring substituents is 1. The highest BCUT2D eigenvalue weighted by Gasteiger charge is 2.18. The first kappa shape index (κ1) is 15.3. The highest BCUT2D eigenvalue weighted by Crippen LogP contribution is 2.34. The van der Waals surface area contributed by atoms with Crippen LogP contribution in [0.2, 0.25) is 5.02 Å². The Morgan fingerprint density at radius 1 is 1.24 bits per heavy atom. The lowest BCUT2D eigenvalue weighted by Gasteiger charge is -2.10. The van der Waals surface area contributed by atoms with Gasteiger partial charge in [-0.2, -0.15) is 0 Å². The molecule has 0 aliphatic rings. The summed E-state index contributed by atoms with van der Waals surface area (Å²) in [6.07, 6.45) is 0. The fourth-order valence-electron chi connectivity index (χ4n) is 1.56. The molecule has 6 nitrogen and oxygen atoms in total. The van der Waals surface area contributed by atoms with Crippen LogP contribution in [0.25, 0.3) is 0 Å². The van der Waals surface area contributed by atoms with Crippen molar-refractivity contribution in [2.75, 3.05) is 0 Å². The largest absolute Gasteiger partial charge is 0.478 e. The number of carbonyl (C=O) groups is 1. The van der Waals surface area contributed by atoms with Gasteiger partial charge in [0, 0.05) is 16.6 Å². The number of ether oxygens (including phenoxy) is 1. The smallest absolute Gasteiger partial charge is 0.339 e. The van der Waals surface area contributed by atoms with Crippen LogP contribution >= 0.6 is 27.5 Å². The third kappa shape index (κ3) is 3.50. The molecule has 0 saturated carbocycles. The summed E-state index contributed by atoms with van der Waals surface area (Å²) in [6.45, 7) is 0. The van der Waals surface area contributed by atoms with Crippen LogP contribution in [0.4, 0.5) is 5.69 Å². The maximum Gasteiger partial charge on any atom is 0.339 e. The second-order valence-corrected chi connectivity index (χ2v) is 5.24. The third-order valence-electron chi connectivity index (χ3n) is 2.52. The Balaban J connectivity index is 2.46. The number of benzene rings is 2. The summed E-state index contributed by atoms with van der Waals surface area (Å²) in [5.41, 5.74) is -0.652. The molecule has 0 unspecified atom stereocenters. The van der Waals surface area contributed by atoms with Crippen molar-refractivity contribution in [2.24, 2.45) is 0 Å². The van der Waals surface area contributed by atoms with Crippen molar-refractivity contribution in [3.8, 4) is 11.5 Å². The van der Waals surface area contributed by atoms with Crippen molar-refractivity contribution < 1.29 is 19.6 Å². The number of nitrogens with zero attached hydrogens (tertiary/aromatic N) is 1. The molecule has 8 heteroatoms. The number of aromatic carboxylic acids is 1. The Bertz CT molecular complexity index is 734. The number of nitro groups is 1. The van der Waals surface area contributed by atoms with Crippen molar-refractivity contribution in [2.45, 2.75) is 0 Å². The second kappa shape index (κ2) is 6.11. The van der Waals surface area contributed by atoms with Gasteiger partial charge in [-0.15, -0.1) is 0 Å². The molecule has 21 heavy (non-hydrogen) atoms. The van der Waals surface area contributed by atoms with E-state index in [4.69, 9.17) is 21.4 Å². The average Bonchev–Trinajstić information content (AvgIpc) is 2.42. The summed E-state index contributed by atoms with van der Waals surface area (Å²) < 4.78 is 6.15. The van der Waals surface area contributed by atoms with Gasteiger partial charge in [0.1, 0.15) is 17.1 Å². The lowest BCUT2D eigenvalue weighted by Crippen LogP contribution is -2.01. The van der Waals surface area contributed by atoms with E-state index >= 15 is 0 Å². The van der Waals surface area contributed by atoms with Crippen molar-refractivity contribution in [1.29, 1.82) is 0 Å². The minimum atomic E-state index is -1.33. The molecule has 0 fully saturated rings. The zero-order valence-corrected chi connectivity index (χ0v) is 12.6. The average molecular weight is 373 g/mol. The molecule has 108 valence electrons. The molecule has 0 atom stereocenters. The first-order chi connectivity index (χ1) is 9.88. The van der Waals surface area contributed by atoms with E-state index in [9.17, 15) is 14.9 Å². The molecule has 2 aromatic rings. The highest BCUT2D eigenvalue weighted by molar-refractivity contribution is 9.10. The highest BCUT2D eigenvalue weighted by atomic mass is 79.9. The second-order valence-electron chi connectivity index (χ2n) is 3.92. The van der Waals surface area contributed by atoms with E-state index < -0.39 is 10.9 Å². The SMILES string of the molecule is O=C(O)c1cc([N+](=O)[O-])ccc1Oc1cc(Br)ccc1Cl. The first-order valence-corrected chi connectivity index (χ1v) is 6.70. The summed E-state index contributed by atoms with van der Waals surface area (Å²) in [7, 11) is 0. The minimum absolute atomic E-state index is 0.0342. The summed E-state index contributed by atoms with van der Waals surface area (Å²) >= 11 is 9.20. The predicted octanol–water partition coefficient (Wildman–Crippen LogP) is 4.50. The van der Waals surface area contributed by atoms with Gasteiger partial charge in [-0.05, 0) is 24.3 Å². The molecule has 0 heterocycles. The van der Waals surface area contributed by atoms with Gasteiger partial charge in [-0.1, -0.05) is 27.5 Å². The molecule has 2 rings (SSSR count). The molecule has 1 N–H and O–H groups in total. The summed E-state index contributed by atoms with van der Waals surface area (Å²) in [5.74, 6) is -1.13. The van der Waals surface area contributed by atoms with E-state index in [2.05, 4.69) is 15.9 Å². The Morgan fingerprint density at radius 2 is 1.95 bits per heavy atom. The lowest BCUT2D eigenvalue weighted by atomic mass is 10.2. The van der Waals surface area contributed by atoms with Gasteiger partial charge in [0.05, 0.1) is 9.95 Å². The molecule has 0 aliphatic carbocycles. The molecular formula is C13H7BrClNO5. The van der Waals surface area contributed by atoms with E-state index in [0.29, 0.717) is 4.47 Å². The fraction of sp³-hybridized carbons (Fsp3) is 0. The molecule has 2 aromatic carbocycles. The summed E-state index contributed by atoms with van der Waals surface area (Å²) in [4.78, 5) is 21.2. The Kier molecular flexibility index (Phi) is 4.44. The molecule has 0 radical (unpaired) electrons. The Hall–Kier alpha value is -2.12. The van der Waals surface area contributed by atoms with Crippen LogP contribution in [0, 0.1) is 10.1 Å². The number of halogens is 2. The molecular weight excluding hydrogens is 366 g/mol. The summed E-state index contributed by atoms with van der Waals surface area (Å²) in [6, 6.07) is 8.15. The first-order valence-electron chi connectivity index (χ1n) is 5.53. The van der Waals surface area contributed by atoms with Gasteiger partial charge < -0.3 is 9.84 Å². The van der Waals surface area contributed by atoms with Crippen LogP contribution in [0.5, 0.6) is 11.5 Å². The van der Waals surface area contributed by atoms with Crippen LogP contribution in [-0.2, 0) is 0 Å². The maximum absolute atomic E-state index is 11.2. The van der Waals surface area contributed by atoms with Crippen molar-refractivity contribution in [3.05, 3.63) is 61.6 Å². The number of carboxylic acids is 1. The number of nitro benzene ring substituents is 1. The Morgan fingerprint density at radius 3 is 2.57 bits per heavy atom. The standard InChI is InChI=1S/C13H7BrClNO5/c14-7-1-3-10(15)12(5-7)21-11-4-2-8(16(19)20)6-9(11)13(17)18/h1-6H,(H,17,18). The van der Waals surface area contributed by atoms with E-state index in [0.717, 1.165) is 12.1 Å². The quantitative estimate of drug-likeness (QED) is 0.630. The normalized spacial score (nSPS) is 10.2. The molecule has 0 spiro atoms. The molecule has 0 bridgehead atoms. The predicted molar refractivity (Wildman–Crippen MR) is 79.3 cm³/mol. The third-order valence-corrected chi connectivity index (χ3v) is 3.32. The number of carboxylic acid groups (broad SMARTS) is 1. The molecule has 0 aliphatic heterocycles. The van der Waals surface area contributed by atoms with E-state index in [1.165, 1.54) is 6.07 Å². The van der Waals surface area contributed by atoms with Crippen LogP contribution in [0.15, 0.2) is 40.9 Å². The number of rotatable bonds is 4. The van der Waals surface area contributed by atoms with Crippen LogP contribution in [0.3, 0.4) is 0 Å². The van der Waals surface area contributed by atoms with E-state index in [1.807, 2.05) is 0 Å². The van der Waals surface area contributed by atoms with Gasteiger partial charge >= 0.3 is 5.97 Å². The zero-order chi connectivity index (χ0) is 15.6. The summed E-state index contributed by atoms with van der Waals surface area (Å²) in [5, 5.41) is 20.1. The Labute approximate surface area is 132 Å². The van der Waals surface area contributed by atoms with Gasteiger partial charge in [0.25, 0.3) is 5.69 Å². The van der Waals surface area contributed by atoms with Crippen molar-refractivity contribution in [1.82, 2.24) is 0 Å². The minimum Gasteiger partial charge on any atom is -0.478 e. The van der Waals surface area contributed by atoms with Crippen LogP contribution in [0.1, 0.15) is 10.4 Å². The maximum atomic E-state index is 11.2. The van der Waals surface area contributed by atoms with Gasteiger partial charge in [-0.3, -0.25) is 10.1 Å². The van der Waals surface area contributed by atoms with E-state index in [1.54, 1.807) is 18.2 Å². The van der Waals surface area contributed by atoms with Gasteiger partial charge in [0.15, 0.2) is 0 Å². The zero-order valence-electron chi connectivity index (χ0n) is 10.2. The topological polar surface area (TPSA) is 89.7 Å². The van der Waals surface area contributed by atoms with Gasteiger partial charge in [0.2, 0.25) is 0 Å². The number of hydrogen-bond acceptors (Lipinski definition) is 4. The van der Waals surface area contributed by atoms with Crippen molar-refractivity contribution >= 4 is 39.2 Å². The molecule has 0 saturated heterocycles. The lowest BCUT2D eigenvalue weighted by molar-refractivity contribution is -0.384.